The van der Waals surface area contributed by atoms with Crippen LogP contribution < -0.4 is 0 Å². The van der Waals surface area contributed by atoms with Crippen LogP contribution in [0.1, 0.15) is 21.7 Å². The standard InChI is InChI=1S/C26H21N3O4/c30-26(33-29(31)18-20-11-5-2-6-12-20)24-16-15-23(32-24)25-21-13-7-8-14-22(21)28(27-25)17-19-9-3-1-4-10-19/h1-16,31H,17-18H2. The second-order valence-corrected chi connectivity index (χ2v) is 7.55. The van der Waals surface area contributed by atoms with Crippen molar-refractivity contribution < 1.29 is 19.3 Å². The highest BCUT2D eigenvalue weighted by Crippen LogP contribution is 2.30. The van der Waals surface area contributed by atoms with Gasteiger partial charge in [0.05, 0.1) is 18.6 Å². The Labute approximate surface area is 190 Å². The summed E-state index contributed by atoms with van der Waals surface area (Å²) in [6.07, 6.45) is 0. The van der Waals surface area contributed by atoms with Crippen molar-refractivity contribution >= 4 is 16.9 Å². The van der Waals surface area contributed by atoms with Gasteiger partial charge in [-0.25, -0.2) is 4.79 Å². The van der Waals surface area contributed by atoms with E-state index in [-0.39, 0.29) is 12.3 Å². The van der Waals surface area contributed by atoms with E-state index in [1.807, 2.05) is 89.6 Å². The van der Waals surface area contributed by atoms with Gasteiger partial charge in [0.25, 0.3) is 0 Å². The van der Waals surface area contributed by atoms with Crippen LogP contribution in [0.5, 0.6) is 0 Å². The molecule has 0 aliphatic rings. The van der Waals surface area contributed by atoms with Crippen molar-refractivity contribution in [3.05, 3.63) is 114 Å². The SMILES string of the molecule is O=C(ON(O)Cc1ccccc1)c1ccc(-c2nn(Cc3ccccc3)c3ccccc23)o1. The van der Waals surface area contributed by atoms with Gasteiger partial charge in [0, 0.05) is 5.39 Å². The van der Waals surface area contributed by atoms with Gasteiger partial charge in [0.15, 0.2) is 5.76 Å². The Kier molecular flexibility index (Phi) is 5.72. The van der Waals surface area contributed by atoms with E-state index in [2.05, 4.69) is 0 Å². The highest BCUT2D eigenvalue weighted by molar-refractivity contribution is 5.93. The number of fused-ring (bicyclic) bond motifs is 1. The molecule has 33 heavy (non-hydrogen) atoms. The summed E-state index contributed by atoms with van der Waals surface area (Å²) < 4.78 is 7.68. The zero-order valence-electron chi connectivity index (χ0n) is 17.7. The number of para-hydroxylation sites is 1. The Morgan fingerprint density at radius 3 is 2.30 bits per heavy atom. The van der Waals surface area contributed by atoms with Gasteiger partial charge in [-0.15, -0.1) is 0 Å². The maximum atomic E-state index is 12.5. The fraction of sp³-hybridized carbons (Fsp3) is 0.0769. The van der Waals surface area contributed by atoms with Gasteiger partial charge in [-0.05, 0) is 34.6 Å². The summed E-state index contributed by atoms with van der Waals surface area (Å²) in [5.41, 5.74) is 3.51. The van der Waals surface area contributed by atoms with Crippen LogP contribution in [0.15, 0.2) is 101 Å². The second kappa shape index (κ2) is 9.12. The number of furan rings is 1. The summed E-state index contributed by atoms with van der Waals surface area (Å²) in [4.78, 5) is 17.4. The quantitative estimate of drug-likeness (QED) is 0.346. The lowest BCUT2D eigenvalue weighted by Gasteiger charge is -2.12. The van der Waals surface area contributed by atoms with Crippen LogP contribution in [-0.2, 0) is 17.9 Å². The van der Waals surface area contributed by atoms with Crippen LogP contribution in [-0.4, -0.2) is 26.2 Å². The van der Waals surface area contributed by atoms with Gasteiger partial charge in [-0.3, -0.25) is 9.89 Å². The number of nitrogens with zero attached hydrogens (tertiary/aromatic N) is 3. The minimum absolute atomic E-state index is 0.0289. The number of carbonyl (C=O) groups is 1. The number of aromatic nitrogens is 2. The fourth-order valence-corrected chi connectivity index (χ4v) is 3.67. The molecule has 5 aromatic rings. The highest BCUT2D eigenvalue weighted by atomic mass is 16.9. The van der Waals surface area contributed by atoms with E-state index in [9.17, 15) is 10.0 Å². The Balaban J connectivity index is 1.37. The van der Waals surface area contributed by atoms with E-state index in [1.54, 1.807) is 6.07 Å². The molecule has 0 aliphatic carbocycles. The number of rotatable bonds is 7. The van der Waals surface area contributed by atoms with Crippen LogP contribution >= 0.6 is 0 Å². The molecule has 0 fully saturated rings. The summed E-state index contributed by atoms with van der Waals surface area (Å²) in [7, 11) is 0. The molecular formula is C26H21N3O4. The summed E-state index contributed by atoms with van der Waals surface area (Å²) in [6.45, 7) is 0.643. The van der Waals surface area contributed by atoms with Gasteiger partial charge >= 0.3 is 5.97 Å². The molecule has 0 aliphatic heterocycles. The fourth-order valence-electron chi connectivity index (χ4n) is 3.67. The Bertz CT molecular complexity index is 1380. The Morgan fingerprint density at radius 2 is 1.55 bits per heavy atom. The first-order chi connectivity index (χ1) is 16.2. The molecule has 2 aromatic heterocycles. The summed E-state index contributed by atoms with van der Waals surface area (Å²) in [5, 5.41) is 16.1. The summed E-state index contributed by atoms with van der Waals surface area (Å²) in [6, 6.07) is 30.3. The van der Waals surface area contributed by atoms with Crippen molar-refractivity contribution in [1.29, 1.82) is 0 Å². The van der Waals surface area contributed by atoms with Gasteiger partial charge in [0.1, 0.15) is 5.69 Å². The van der Waals surface area contributed by atoms with Crippen molar-refractivity contribution in [2.45, 2.75) is 13.1 Å². The van der Waals surface area contributed by atoms with Gasteiger partial charge in [-0.2, -0.15) is 5.10 Å². The Morgan fingerprint density at radius 1 is 0.879 bits per heavy atom. The minimum atomic E-state index is -0.798. The van der Waals surface area contributed by atoms with E-state index in [0.717, 1.165) is 22.0 Å². The van der Waals surface area contributed by atoms with E-state index in [1.165, 1.54) is 6.07 Å². The molecule has 7 heteroatoms. The number of carbonyl (C=O) groups excluding carboxylic acids is 1. The van der Waals surface area contributed by atoms with Crippen molar-refractivity contribution in [3.63, 3.8) is 0 Å². The molecule has 0 unspecified atom stereocenters. The molecule has 0 radical (unpaired) electrons. The third-order valence-electron chi connectivity index (χ3n) is 5.22. The van der Waals surface area contributed by atoms with Crippen LogP contribution in [0.25, 0.3) is 22.4 Å². The molecule has 7 nitrogen and oxygen atoms in total. The first-order valence-electron chi connectivity index (χ1n) is 10.5. The van der Waals surface area contributed by atoms with E-state index < -0.39 is 5.97 Å². The molecule has 164 valence electrons. The number of benzene rings is 3. The maximum absolute atomic E-state index is 12.5. The highest BCUT2D eigenvalue weighted by Gasteiger charge is 2.20. The number of hydroxylamine groups is 2. The molecular weight excluding hydrogens is 418 g/mol. The molecule has 0 saturated carbocycles. The molecule has 0 amide bonds. The van der Waals surface area contributed by atoms with Gasteiger partial charge in [0.2, 0.25) is 5.76 Å². The predicted octanol–water partition coefficient (Wildman–Crippen LogP) is 5.31. The number of hydrogen-bond donors (Lipinski definition) is 1. The average molecular weight is 439 g/mol. The normalized spacial score (nSPS) is 11.2. The van der Waals surface area contributed by atoms with E-state index in [0.29, 0.717) is 23.2 Å². The van der Waals surface area contributed by atoms with Gasteiger partial charge in [-0.1, -0.05) is 78.9 Å². The zero-order valence-corrected chi connectivity index (χ0v) is 17.7. The van der Waals surface area contributed by atoms with Crippen LogP contribution in [0.4, 0.5) is 0 Å². The lowest BCUT2D eigenvalue weighted by atomic mass is 10.2. The Hall–Kier alpha value is -4.20. The lowest BCUT2D eigenvalue weighted by molar-refractivity contribution is -0.310. The summed E-state index contributed by atoms with van der Waals surface area (Å²) >= 11 is 0. The molecule has 5 rings (SSSR count). The summed E-state index contributed by atoms with van der Waals surface area (Å²) in [5.74, 6) is -0.385. The molecule has 0 saturated heterocycles. The van der Waals surface area contributed by atoms with Gasteiger partial charge < -0.3 is 9.25 Å². The van der Waals surface area contributed by atoms with Crippen molar-refractivity contribution in [3.8, 4) is 11.5 Å². The molecule has 0 bridgehead atoms. The van der Waals surface area contributed by atoms with Crippen LogP contribution in [0.2, 0.25) is 0 Å². The van der Waals surface area contributed by atoms with Crippen molar-refractivity contribution in [2.75, 3.05) is 0 Å². The topological polar surface area (TPSA) is 80.7 Å². The van der Waals surface area contributed by atoms with Crippen molar-refractivity contribution in [2.24, 2.45) is 0 Å². The molecule has 0 spiro atoms. The average Bonchev–Trinajstić information content (AvgIpc) is 3.46. The largest absolute Gasteiger partial charge is 0.447 e. The van der Waals surface area contributed by atoms with Crippen LogP contribution in [0.3, 0.4) is 0 Å². The van der Waals surface area contributed by atoms with Crippen molar-refractivity contribution in [1.82, 2.24) is 15.0 Å². The predicted molar refractivity (Wildman–Crippen MR) is 122 cm³/mol. The first kappa shape index (κ1) is 20.7. The second-order valence-electron chi connectivity index (χ2n) is 7.55. The maximum Gasteiger partial charge on any atom is 0.395 e. The molecule has 2 heterocycles. The minimum Gasteiger partial charge on any atom is -0.447 e. The zero-order chi connectivity index (χ0) is 22.6. The smallest absolute Gasteiger partial charge is 0.395 e. The molecule has 1 N–H and O–H groups in total. The van der Waals surface area contributed by atoms with Crippen LogP contribution in [0, 0.1) is 0 Å². The monoisotopic (exact) mass is 439 g/mol. The van der Waals surface area contributed by atoms with E-state index >= 15 is 0 Å². The number of hydrogen-bond acceptors (Lipinski definition) is 6. The third kappa shape index (κ3) is 4.55. The first-order valence-corrected chi connectivity index (χ1v) is 10.5. The molecule has 3 aromatic carbocycles. The van der Waals surface area contributed by atoms with E-state index in [4.69, 9.17) is 14.4 Å². The molecule has 0 atom stereocenters. The lowest BCUT2D eigenvalue weighted by Crippen LogP contribution is -2.23. The third-order valence-corrected chi connectivity index (χ3v) is 5.22.